The topological polar surface area (TPSA) is 85.4 Å². The number of likely N-dealkylation sites (tertiary alicyclic amines) is 1. The highest BCUT2D eigenvalue weighted by Gasteiger charge is 2.61. The zero-order chi connectivity index (χ0) is 28.7. The number of morpholine rings is 1. The van der Waals surface area contributed by atoms with Gasteiger partial charge in [-0.05, 0) is 74.1 Å². The second kappa shape index (κ2) is 11.2. The lowest BCUT2D eigenvalue weighted by Gasteiger charge is -2.45. The van der Waals surface area contributed by atoms with Gasteiger partial charge in [-0.1, -0.05) is 18.5 Å². The minimum Gasteiger partial charge on any atom is -0.441 e. The zero-order valence-corrected chi connectivity index (χ0v) is 24.0. The number of methoxy groups -OCH3 is 1. The van der Waals surface area contributed by atoms with Crippen LogP contribution in [-0.2, 0) is 24.2 Å². The molecule has 218 valence electrons. The Hall–Kier alpha value is -2.31. The Labute approximate surface area is 238 Å². The molecule has 2 aromatic rings. The quantitative estimate of drug-likeness (QED) is 0.429. The highest BCUT2D eigenvalue weighted by Crippen LogP contribution is 2.50. The molecule has 12 heteroatoms. The molecule has 0 radical (unpaired) electrons. The summed E-state index contributed by atoms with van der Waals surface area (Å²) in [6.45, 7) is 2.79. The molecule has 0 unspecified atom stereocenters. The van der Waals surface area contributed by atoms with E-state index in [2.05, 4.69) is 6.92 Å². The standard InChI is InChI=1S/C28H33ClF2N2O6S/c1-3-27(37-2)10-12-32(13-11-27)26(34)39-28(8-9-28)25-18-38-17-24(19-14-21(30)16-22(31)15-19)33(25)40(35,36)23-6-4-20(29)5-7-23/h4-7,14-16,24-25H,3,8-13,17-18H2,1-2H3/t24-,25+/m0/s1. The highest BCUT2D eigenvalue weighted by atomic mass is 35.5. The molecule has 1 aliphatic carbocycles. The fourth-order valence-corrected chi connectivity index (χ4v) is 7.73. The summed E-state index contributed by atoms with van der Waals surface area (Å²) < 4.78 is 75.6. The molecule has 1 amide bonds. The zero-order valence-electron chi connectivity index (χ0n) is 22.4. The third-order valence-electron chi connectivity index (χ3n) is 8.48. The lowest BCUT2D eigenvalue weighted by molar-refractivity contribution is -0.0827. The molecule has 0 N–H and O–H groups in total. The van der Waals surface area contributed by atoms with E-state index in [1.165, 1.54) is 28.6 Å². The summed E-state index contributed by atoms with van der Waals surface area (Å²) in [7, 11) is -2.57. The predicted octanol–water partition coefficient (Wildman–Crippen LogP) is 5.31. The fraction of sp³-hybridized carbons (Fsp3) is 0.536. The molecule has 5 rings (SSSR count). The first kappa shape index (κ1) is 29.2. The number of benzene rings is 2. The van der Waals surface area contributed by atoms with E-state index < -0.39 is 45.4 Å². The van der Waals surface area contributed by atoms with E-state index in [4.69, 9.17) is 25.8 Å². The molecule has 40 heavy (non-hydrogen) atoms. The Morgan fingerprint density at radius 3 is 2.23 bits per heavy atom. The van der Waals surface area contributed by atoms with Crippen LogP contribution in [0.4, 0.5) is 13.6 Å². The lowest BCUT2D eigenvalue weighted by atomic mass is 9.89. The average molecular weight is 599 g/mol. The molecule has 8 nitrogen and oxygen atoms in total. The molecule has 0 spiro atoms. The van der Waals surface area contributed by atoms with Gasteiger partial charge in [-0.2, -0.15) is 4.31 Å². The molecule has 2 heterocycles. The van der Waals surface area contributed by atoms with Crippen LogP contribution in [0.2, 0.25) is 5.02 Å². The second-order valence-corrected chi connectivity index (χ2v) is 13.0. The number of carbonyl (C=O) groups is 1. The van der Waals surface area contributed by atoms with Gasteiger partial charge < -0.3 is 19.1 Å². The van der Waals surface area contributed by atoms with Crippen molar-refractivity contribution < 1.29 is 36.2 Å². The van der Waals surface area contributed by atoms with Gasteiger partial charge in [0, 0.05) is 31.3 Å². The first-order valence-corrected chi connectivity index (χ1v) is 15.2. The van der Waals surface area contributed by atoms with Gasteiger partial charge in [0.1, 0.15) is 17.2 Å². The van der Waals surface area contributed by atoms with Crippen LogP contribution in [0.25, 0.3) is 0 Å². The van der Waals surface area contributed by atoms with Crippen molar-refractivity contribution in [3.8, 4) is 0 Å². The van der Waals surface area contributed by atoms with Crippen molar-refractivity contribution in [2.75, 3.05) is 33.4 Å². The van der Waals surface area contributed by atoms with Gasteiger partial charge in [0.2, 0.25) is 10.0 Å². The largest absolute Gasteiger partial charge is 0.441 e. The van der Waals surface area contributed by atoms with Crippen molar-refractivity contribution in [3.63, 3.8) is 0 Å². The minimum atomic E-state index is -4.25. The van der Waals surface area contributed by atoms with Gasteiger partial charge in [0.25, 0.3) is 0 Å². The summed E-state index contributed by atoms with van der Waals surface area (Å²) in [5.74, 6) is -1.67. The normalized spacial score (nSPS) is 24.5. The maximum atomic E-state index is 14.3. The monoisotopic (exact) mass is 598 g/mol. The van der Waals surface area contributed by atoms with Crippen molar-refractivity contribution in [2.24, 2.45) is 0 Å². The molecular weight excluding hydrogens is 566 g/mol. The van der Waals surface area contributed by atoms with E-state index in [-0.39, 0.29) is 29.3 Å². The first-order valence-electron chi connectivity index (χ1n) is 13.4. The number of nitrogens with zero attached hydrogens (tertiary/aromatic N) is 2. The highest BCUT2D eigenvalue weighted by molar-refractivity contribution is 7.89. The molecule has 0 aromatic heterocycles. The van der Waals surface area contributed by atoms with Crippen LogP contribution >= 0.6 is 11.6 Å². The summed E-state index contributed by atoms with van der Waals surface area (Å²) >= 11 is 6.00. The summed E-state index contributed by atoms with van der Waals surface area (Å²) in [6, 6.07) is 6.62. The summed E-state index contributed by atoms with van der Waals surface area (Å²) in [6.07, 6.45) is 2.48. The van der Waals surface area contributed by atoms with E-state index in [1.807, 2.05) is 0 Å². The Kier molecular flexibility index (Phi) is 8.15. The van der Waals surface area contributed by atoms with E-state index >= 15 is 0 Å². The van der Waals surface area contributed by atoms with Gasteiger partial charge in [0.15, 0.2) is 0 Å². The van der Waals surface area contributed by atoms with E-state index in [1.54, 1.807) is 12.0 Å². The molecule has 1 saturated carbocycles. The Morgan fingerprint density at radius 2 is 1.68 bits per heavy atom. The van der Waals surface area contributed by atoms with Crippen LogP contribution in [0.3, 0.4) is 0 Å². The van der Waals surface area contributed by atoms with Crippen molar-refractivity contribution in [1.82, 2.24) is 9.21 Å². The number of amides is 1. The molecule has 2 saturated heterocycles. The number of sulfonamides is 1. The van der Waals surface area contributed by atoms with E-state index in [9.17, 15) is 22.0 Å². The SMILES string of the molecule is CCC1(OC)CCN(C(=O)OC2([C@H]3COC[C@@H](c4cc(F)cc(F)c4)N3S(=O)(=O)c3ccc(Cl)cc3)CC2)CC1. The Balaban J connectivity index is 1.47. The minimum absolute atomic E-state index is 0.0423. The predicted molar refractivity (Wildman–Crippen MR) is 143 cm³/mol. The molecule has 2 aliphatic heterocycles. The van der Waals surface area contributed by atoms with Crippen LogP contribution in [-0.4, -0.2) is 74.4 Å². The van der Waals surface area contributed by atoms with Gasteiger partial charge in [-0.15, -0.1) is 0 Å². The summed E-state index contributed by atoms with van der Waals surface area (Å²) in [4.78, 5) is 14.9. The molecule has 3 fully saturated rings. The molecule has 2 atom stereocenters. The van der Waals surface area contributed by atoms with E-state index in [0.717, 1.165) is 24.6 Å². The third kappa shape index (κ3) is 5.59. The van der Waals surface area contributed by atoms with Crippen LogP contribution in [0.5, 0.6) is 0 Å². The van der Waals surface area contributed by atoms with Gasteiger partial charge >= 0.3 is 6.09 Å². The summed E-state index contributed by atoms with van der Waals surface area (Å²) in [5, 5.41) is 0.357. The maximum absolute atomic E-state index is 14.3. The Morgan fingerprint density at radius 1 is 1.05 bits per heavy atom. The van der Waals surface area contributed by atoms with Crippen molar-refractivity contribution >= 4 is 27.7 Å². The fourth-order valence-electron chi connectivity index (χ4n) is 5.78. The summed E-state index contributed by atoms with van der Waals surface area (Å²) in [5.41, 5.74) is -1.31. The number of hydrogen-bond acceptors (Lipinski definition) is 6. The number of ether oxygens (including phenoxy) is 3. The molecule has 0 bridgehead atoms. The van der Waals surface area contributed by atoms with Crippen LogP contribution < -0.4 is 0 Å². The molecule has 3 aliphatic rings. The van der Waals surface area contributed by atoms with Crippen LogP contribution in [0.1, 0.15) is 50.6 Å². The number of rotatable bonds is 7. The average Bonchev–Trinajstić information content (AvgIpc) is 3.72. The van der Waals surface area contributed by atoms with E-state index in [0.29, 0.717) is 43.8 Å². The van der Waals surface area contributed by atoms with Gasteiger partial charge in [-0.3, -0.25) is 0 Å². The molecule has 2 aromatic carbocycles. The second-order valence-electron chi connectivity index (χ2n) is 10.7. The van der Waals surface area contributed by atoms with Crippen molar-refractivity contribution in [1.29, 1.82) is 0 Å². The van der Waals surface area contributed by atoms with Crippen LogP contribution in [0.15, 0.2) is 47.4 Å². The van der Waals surface area contributed by atoms with Crippen LogP contribution in [0, 0.1) is 11.6 Å². The smallest absolute Gasteiger partial charge is 0.410 e. The van der Waals surface area contributed by atoms with Crippen molar-refractivity contribution in [2.45, 2.75) is 67.2 Å². The number of halogens is 3. The number of hydrogen-bond donors (Lipinski definition) is 0. The van der Waals surface area contributed by atoms with Crippen molar-refractivity contribution in [3.05, 3.63) is 64.7 Å². The molecular formula is C28H33ClF2N2O6S. The lowest BCUT2D eigenvalue weighted by Crippen LogP contribution is -2.58. The van der Waals surface area contributed by atoms with Gasteiger partial charge in [-0.25, -0.2) is 22.0 Å². The van der Waals surface area contributed by atoms with Gasteiger partial charge in [0.05, 0.1) is 35.8 Å². The first-order chi connectivity index (χ1) is 19.0. The maximum Gasteiger partial charge on any atom is 0.410 e. The Bertz CT molecular complexity index is 1320. The number of carbonyl (C=O) groups excluding carboxylic acids is 1. The number of piperidine rings is 1. The third-order valence-corrected chi connectivity index (χ3v) is 10.7.